The first kappa shape index (κ1) is 18.6. The van der Waals surface area contributed by atoms with Crippen LogP contribution in [-0.2, 0) is 11.3 Å². The Balaban J connectivity index is 1.84. The molecule has 0 aliphatic rings. The van der Waals surface area contributed by atoms with E-state index in [1.54, 1.807) is 13.0 Å². The molecule has 0 bridgehead atoms. The van der Waals surface area contributed by atoms with Gasteiger partial charge in [-0.25, -0.2) is 0 Å². The van der Waals surface area contributed by atoms with E-state index in [9.17, 15) is 18.0 Å². The normalized spacial score (nSPS) is 12.4. The van der Waals surface area contributed by atoms with Gasteiger partial charge in [0.2, 0.25) is 0 Å². The monoisotopic (exact) mass is 353 g/mol. The van der Waals surface area contributed by atoms with Crippen molar-refractivity contribution in [2.24, 2.45) is 0 Å². The molecule has 0 spiro atoms. The quantitative estimate of drug-likeness (QED) is 0.855. The van der Waals surface area contributed by atoms with Gasteiger partial charge < -0.3 is 14.8 Å². The third-order valence-corrected chi connectivity index (χ3v) is 3.30. The minimum absolute atomic E-state index is 0.173. The van der Waals surface area contributed by atoms with Gasteiger partial charge in [-0.2, -0.15) is 0 Å². The van der Waals surface area contributed by atoms with Crippen LogP contribution in [-0.4, -0.2) is 18.4 Å². The molecule has 1 unspecified atom stereocenters. The van der Waals surface area contributed by atoms with E-state index < -0.39 is 12.5 Å². The highest BCUT2D eigenvalue weighted by Gasteiger charge is 2.30. The third-order valence-electron chi connectivity index (χ3n) is 3.30. The Bertz CT molecular complexity index is 714. The lowest BCUT2D eigenvalue weighted by Crippen LogP contribution is -2.35. The molecule has 1 N–H and O–H groups in total. The number of hydrogen-bond acceptors (Lipinski definition) is 3. The summed E-state index contributed by atoms with van der Waals surface area (Å²) in [6, 6.07) is 12.6. The van der Waals surface area contributed by atoms with Crippen LogP contribution in [0.2, 0.25) is 0 Å². The Morgan fingerprint density at radius 3 is 2.40 bits per heavy atom. The molecule has 2 aromatic rings. The van der Waals surface area contributed by atoms with Crippen molar-refractivity contribution in [2.75, 3.05) is 0 Å². The molecule has 0 heterocycles. The lowest BCUT2D eigenvalue weighted by molar-refractivity contribution is -0.274. The smallest absolute Gasteiger partial charge is 0.481 e. The van der Waals surface area contributed by atoms with Crippen molar-refractivity contribution in [3.63, 3.8) is 0 Å². The summed E-state index contributed by atoms with van der Waals surface area (Å²) in [5, 5.41) is 2.67. The van der Waals surface area contributed by atoms with Crippen LogP contribution >= 0.6 is 0 Å². The predicted octanol–water partition coefficient (Wildman–Crippen LogP) is 3.98. The highest BCUT2D eigenvalue weighted by atomic mass is 19.4. The van der Waals surface area contributed by atoms with Crippen molar-refractivity contribution in [2.45, 2.75) is 32.9 Å². The molecular weight excluding hydrogens is 335 g/mol. The highest BCUT2D eigenvalue weighted by molar-refractivity contribution is 5.80. The van der Waals surface area contributed by atoms with Gasteiger partial charge >= 0.3 is 6.36 Å². The minimum atomic E-state index is -4.72. The van der Waals surface area contributed by atoms with Crippen LogP contribution in [0.5, 0.6) is 11.5 Å². The molecule has 2 rings (SSSR count). The van der Waals surface area contributed by atoms with Crippen molar-refractivity contribution in [3.05, 3.63) is 59.7 Å². The van der Waals surface area contributed by atoms with Gasteiger partial charge in [0.05, 0.1) is 0 Å². The number of carbonyl (C=O) groups is 1. The largest absolute Gasteiger partial charge is 0.573 e. The Hall–Kier alpha value is -2.70. The molecular formula is C18H18F3NO3. The fraction of sp³-hybridized carbons (Fsp3) is 0.278. The molecule has 25 heavy (non-hydrogen) atoms. The van der Waals surface area contributed by atoms with E-state index >= 15 is 0 Å². The van der Waals surface area contributed by atoms with E-state index in [2.05, 4.69) is 10.1 Å². The number of hydrogen-bond donors (Lipinski definition) is 1. The average Bonchev–Trinajstić information content (AvgIpc) is 2.52. The first-order valence-corrected chi connectivity index (χ1v) is 7.59. The van der Waals surface area contributed by atoms with Gasteiger partial charge in [-0.3, -0.25) is 4.79 Å². The maximum atomic E-state index is 12.1. The Labute approximate surface area is 143 Å². The zero-order valence-electron chi connectivity index (χ0n) is 13.8. The molecule has 134 valence electrons. The zero-order chi connectivity index (χ0) is 18.4. The van der Waals surface area contributed by atoms with Gasteiger partial charge in [0.25, 0.3) is 5.91 Å². The highest BCUT2D eigenvalue weighted by Crippen LogP contribution is 2.22. The Kier molecular flexibility index (Phi) is 5.90. The van der Waals surface area contributed by atoms with E-state index in [4.69, 9.17) is 4.74 Å². The molecule has 2 aromatic carbocycles. The van der Waals surface area contributed by atoms with E-state index in [0.717, 1.165) is 5.56 Å². The topological polar surface area (TPSA) is 47.6 Å². The SMILES string of the molecule is Cc1cccc(OC(C)C(=O)NCc2ccc(OC(F)(F)F)cc2)c1. The number of amides is 1. The van der Waals surface area contributed by atoms with E-state index in [0.29, 0.717) is 11.3 Å². The summed E-state index contributed by atoms with van der Waals surface area (Å²) >= 11 is 0. The molecule has 0 aromatic heterocycles. The van der Waals surface area contributed by atoms with E-state index in [-0.39, 0.29) is 18.2 Å². The standard InChI is InChI=1S/C18H18F3NO3/c1-12-4-3-5-16(10-12)24-13(2)17(23)22-11-14-6-8-15(9-7-14)25-18(19,20)21/h3-10,13H,11H2,1-2H3,(H,22,23). The van der Waals surface area contributed by atoms with Crippen molar-refractivity contribution < 1.29 is 27.4 Å². The summed E-state index contributed by atoms with van der Waals surface area (Å²) in [5.74, 6) is -0.0350. The van der Waals surface area contributed by atoms with Crippen LogP contribution < -0.4 is 14.8 Å². The summed E-state index contributed by atoms with van der Waals surface area (Å²) in [7, 11) is 0. The second-order valence-corrected chi connectivity index (χ2v) is 5.49. The van der Waals surface area contributed by atoms with Crippen LogP contribution in [0.1, 0.15) is 18.1 Å². The van der Waals surface area contributed by atoms with Crippen LogP contribution in [0.25, 0.3) is 0 Å². The zero-order valence-corrected chi connectivity index (χ0v) is 13.8. The van der Waals surface area contributed by atoms with Gasteiger partial charge in [-0.05, 0) is 49.2 Å². The average molecular weight is 353 g/mol. The van der Waals surface area contributed by atoms with Crippen LogP contribution in [0.4, 0.5) is 13.2 Å². The van der Waals surface area contributed by atoms with E-state index in [1.165, 1.54) is 24.3 Å². The summed E-state index contributed by atoms with van der Waals surface area (Å²) in [5.41, 5.74) is 1.66. The molecule has 1 atom stereocenters. The van der Waals surface area contributed by atoms with Crippen LogP contribution in [0.15, 0.2) is 48.5 Å². The second kappa shape index (κ2) is 7.92. The molecule has 0 radical (unpaired) electrons. The number of aryl methyl sites for hydroxylation is 1. The summed E-state index contributed by atoms with van der Waals surface area (Å²) in [6.07, 6.45) is -5.42. The van der Waals surface area contributed by atoms with Gasteiger partial charge in [-0.1, -0.05) is 24.3 Å². The number of ether oxygens (including phenoxy) is 2. The maximum Gasteiger partial charge on any atom is 0.573 e. The van der Waals surface area contributed by atoms with Gasteiger partial charge in [-0.15, -0.1) is 13.2 Å². The molecule has 1 amide bonds. The fourth-order valence-corrected chi connectivity index (χ4v) is 2.09. The van der Waals surface area contributed by atoms with Crippen molar-refractivity contribution in [1.82, 2.24) is 5.32 Å². The Morgan fingerprint density at radius 1 is 1.12 bits per heavy atom. The van der Waals surface area contributed by atoms with Gasteiger partial charge in [0.1, 0.15) is 11.5 Å². The predicted molar refractivity (Wildman–Crippen MR) is 86.2 cm³/mol. The van der Waals surface area contributed by atoms with Crippen LogP contribution in [0, 0.1) is 6.92 Å². The molecule has 7 heteroatoms. The van der Waals surface area contributed by atoms with Crippen molar-refractivity contribution in [1.29, 1.82) is 0 Å². The Morgan fingerprint density at radius 2 is 1.80 bits per heavy atom. The second-order valence-electron chi connectivity index (χ2n) is 5.49. The van der Waals surface area contributed by atoms with Crippen molar-refractivity contribution in [3.8, 4) is 11.5 Å². The number of carbonyl (C=O) groups excluding carboxylic acids is 1. The molecule has 0 fully saturated rings. The molecule has 0 aliphatic carbocycles. The lowest BCUT2D eigenvalue weighted by Gasteiger charge is -2.15. The summed E-state index contributed by atoms with van der Waals surface area (Å²) in [4.78, 5) is 12.1. The molecule has 0 saturated carbocycles. The summed E-state index contributed by atoms with van der Waals surface area (Å²) < 4.78 is 45.6. The number of rotatable bonds is 6. The van der Waals surface area contributed by atoms with Gasteiger partial charge in [0, 0.05) is 6.54 Å². The first-order chi connectivity index (χ1) is 11.7. The van der Waals surface area contributed by atoms with Crippen LogP contribution in [0.3, 0.4) is 0 Å². The van der Waals surface area contributed by atoms with E-state index in [1.807, 2.05) is 25.1 Å². The molecule has 0 aliphatic heterocycles. The number of halogens is 3. The fourth-order valence-electron chi connectivity index (χ4n) is 2.09. The number of nitrogens with one attached hydrogen (secondary N) is 1. The maximum absolute atomic E-state index is 12.1. The number of alkyl halides is 3. The molecule has 4 nitrogen and oxygen atoms in total. The summed E-state index contributed by atoms with van der Waals surface area (Å²) in [6.45, 7) is 3.72. The third kappa shape index (κ3) is 6.37. The van der Waals surface area contributed by atoms with Crippen molar-refractivity contribution >= 4 is 5.91 Å². The number of benzene rings is 2. The minimum Gasteiger partial charge on any atom is -0.481 e. The van der Waals surface area contributed by atoms with Gasteiger partial charge in [0.15, 0.2) is 6.10 Å². The molecule has 0 saturated heterocycles. The first-order valence-electron chi connectivity index (χ1n) is 7.59. The lowest BCUT2D eigenvalue weighted by atomic mass is 10.2.